The van der Waals surface area contributed by atoms with Crippen LogP contribution in [0.3, 0.4) is 0 Å². The fourth-order valence-corrected chi connectivity index (χ4v) is 3.50. The summed E-state index contributed by atoms with van der Waals surface area (Å²) in [5.41, 5.74) is -0.190. The fraction of sp³-hybridized carbons (Fsp3) is 0.435. The van der Waals surface area contributed by atoms with Crippen molar-refractivity contribution in [1.82, 2.24) is 4.90 Å². The van der Waals surface area contributed by atoms with E-state index < -0.39 is 17.6 Å². The van der Waals surface area contributed by atoms with Gasteiger partial charge in [0.05, 0.1) is 6.61 Å². The highest BCUT2D eigenvalue weighted by Crippen LogP contribution is 2.34. The highest BCUT2D eigenvalue weighted by Gasteiger charge is 2.30. The molecule has 0 N–H and O–H groups in total. The molecule has 156 valence electrons. The zero-order valence-electron chi connectivity index (χ0n) is 17.0. The Bertz CT molecular complexity index is 849. The van der Waals surface area contributed by atoms with Crippen molar-refractivity contribution in [2.45, 2.75) is 46.1 Å². The van der Waals surface area contributed by atoms with Crippen molar-refractivity contribution in [3.63, 3.8) is 0 Å². The molecule has 4 nitrogen and oxygen atoms in total. The summed E-state index contributed by atoms with van der Waals surface area (Å²) in [5.74, 6) is -2.26. The quantitative estimate of drug-likeness (QED) is 0.342. The molecule has 0 aromatic heterocycles. The Hall–Kier alpha value is -2.47. The summed E-state index contributed by atoms with van der Waals surface area (Å²) in [4.78, 5) is 14.8. The maximum Gasteiger partial charge on any atom is 0.347 e. The minimum absolute atomic E-state index is 0.0489. The van der Waals surface area contributed by atoms with E-state index in [4.69, 9.17) is 9.47 Å². The highest BCUT2D eigenvalue weighted by molar-refractivity contribution is 5.96. The van der Waals surface area contributed by atoms with Crippen molar-refractivity contribution in [3.05, 3.63) is 58.7 Å². The summed E-state index contributed by atoms with van der Waals surface area (Å²) >= 11 is 0. The van der Waals surface area contributed by atoms with Gasteiger partial charge in [0.15, 0.2) is 11.6 Å². The molecule has 1 fully saturated rings. The lowest BCUT2D eigenvalue weighted by Crippen LogP contribution is -2.23. The van der Waals surface area contributed by atoms with Crippen molar-refractivity contribution in [1.29, 1.82) is 0 Å². The first-order valence-corrected chi connectivity index (χ1v) is 10.2. The summed E-state index contributed by atoms with van der Waals surface area (Å²) < 4.78 is 41.5. The molecule has 29 heavy (non-hydrogen) atoms. The third-order valence-corrected chi connectivity index (χ3v) is 5.14. The summed E-state index contributed by atoms with van der Waals surface area (Å²) in [5, 5.41) is 0. The lowest BCUT2D eigenvalue weighted by molar-refractivity contribution is 0.0727. The van der Waals surface area contributed by atoms with Gasteiger partial charge in [-0.2, -0.15) is 0 Å². The Labute approximate surface area is 170 Å². The van der Waals surface area contributed by atoms with Gasteiger partial charge in [-0.1, -0.05) is 31.5 Å². The average molecular weight is 403 g/mol. The number of ether oxygens (including phenoxy) is 2. The molecule has 0 unspecified atom stereocenters. The third-order valence-electron chi connectivity index (χ3n) is 5.14. The molecule has 0 amide bonds. The van der Waals surface area contributed by atoms with Crippen molar-refractivity contribution >= 4 is 5.97 Å². The van der Waals surface area contributed by atoms with Crippen LogP contribution in [-0.4, -0.2) is 30.6 Å². The molecule has 1 heterocycles. The van der Waals surface area contributed by atoms with Crippen LogP contribution >= 0.6 is 0 Å². The van der Waals surface area contributed by atoms with Crippen molar-refractivity contribution in [3.8, 4) is 11.5 Å². The molecular weight excluding hydrogens is 376 g/mol. The van der Waals surface area contributed by atoms with Gasteiger partial charge in [0.25, 0.3) is 0 Å². The number of likely N-dealkylation sites (tertiary alicyclic amines) is 1. The van der Waals surface area contributed by atoms with Gasteiger partial charge in [-0.25, -0.2) is 13.6 Å². The van der Waals surface area contributed by atoms with Crippen LogP contribution < -0.4 is 9.47 Å². The zero-order chi connectivity index (χ0) is 20.8. The van der Waals surface area contributed by atoms with E-state index >= 15 is 8.78 Å². The summed E-state index contributed by atoms with van der Waals surface area (Å²) in [6.07, 6.45) is 3.59. The number of halogens is 2. The van der Waals surface area contributed by atoms with E-state index in [1.54, 1.807) is 30.3 Å². The van der Waals surface area contributed by atoms with Crippen molar-refractivity contribution in [2.75, 3.05) is 19.7 Å². The van der Waals surface area contributed by atoms with Gasteiger partial charge in [0.2, 0.25) is 0 Å². The molecule has 6 heteroatoms. The Kier molecular flexibility index (Phi) is 7.20. The minimum Gasteiger partial charge on any atom is -0.490 e. The number of benzene rings is 2. The normalized spacial score (nSPS) is 14.2. The molecule has 0 saturated carbocycles. The van der Waals surface area contributed by atoms with Gasteiger partial charge in [0, 0.05) is 17.7 Å². The van der Waals surface area contributed by atoms with Crippen LogP contribution in [0.5, 0.6) is 11.5 Å². The summed E-state index contributed by atoms with van der Waals surface area (Å²) in [6, 6.07) is 8.44. The van der Waals surface area contributed by atoms with E-state index in [-0.39, 0.29) is 35.6 Å². The van der Waals surface area contributed by atoms with Crippen LogP contribution in [-0.2, 0) is 6.54 Å². The maximum atomic E-state index is 15.4. The van der Waals surface area contributed by atoms with Crippen LogP contribution in [0.2, 0.25) is 0 Å². The van der Waals surface area contributed by atoms with Crippen LogP contribution in [0.15, 0.2) is 30.3 Å². The lowest BCUT2D eigenvalue weighted by atomic mass is 10.0. The Balaban J connectivity index is 1.99. The Morgan fingerprint density at radius 3 is 2.45 bits per heavy atom. The monoisotopic (exact) mass is 403 g/mol. The van der Waals surface area contributed by atoms with Gasteiger partial charge in [0.1, 0.15) is 17.1 Å². The van der Waals surface area contributed by atoms with Crippen LogP contribution in [0.1, 0.15) is 54.1 Å². The number of unbranched alkanes of at least 4 members (excludes halogenated alkanes) is 1. The predicted octanol–water partition coefficient (Wildman–Crippen LogP) is 5.27. The molecule has 1 aliphatic heterocycles. The molecule has 1 aliphatic rings. The second kappa shape index (κ2) is 9.83. The van der Waals surface area contributed by atoms with Gasteiger partial charge < -0.3 is 9.47 Å². The number of para-hydroxylation sites is 1. The number of carbonyl (C=O) groups excluding carboxylic acids is 1. The van der Waals surface area contributed by atoms with E-state index in [0.29, 0.717) is 12.2 Å². The first-order valence-electron chi connectivity index (χ1n) is 10.2. The molecule has 0 radical (unpaired) electrons. The molecule has 2 aromatic rings. The zero-order valence-corrected chi connectivity index (χ0v) is 17.0. The van der Waals surface area contributed by atoms with Gasteiger partial charge in [-0.15, -0.1) is 0 Å². The SMILES string of the molecule is CCCCOc1c(F)c(CN2CCCC2)c(F)c(C)c1C(=O)Oc1ccccc1. The number of rotatable bonds is 8. The number of hydrogen-bond donors (Lipinski definition) is 0. The lowest BCUT2D eigenvalue weighted by Gasteiger charge is -2.21. The van der Waals surface area contributed by atoms with E-state index in [2.05, 4.69) is 0 Å². The Morgan fingerprint density at radius 2 is 1.79 bits per heavy atom. The first-order chi connectivity index (χ1) is 14.0. The molecule has 0 aliphatic carbocycles. The topological polar surface area (TPSA) is 38.8 Å². The van der Waals surface area contributed by atoms with E-state index in [1.807, 2.05) is 11.8 Å². The molecule has 0 atom stereocenters. The van der Waals surface area contributed by atoms with Gasteiger partial charge >= 0.3 is 5.97 Å². The van der Waals surface area contributed by atoms with E-state index in [0.717, 1.165) is 32.4 Å². The van der Waals surface area contributed by atoms with Crippen LogP contribution in [0.25, 0.3) is 0 Å². The van der Waals surface area contributed by atoms with E-state index in [1.165, 1.54) is 6.92 Å². The predicted molar refractivity (Wildman–Crippen MR) is 107 cm³/mol. The Morgan fingerprint density at radius 1 is 1.10 bits per heavy atom. The number of nitrogens with zero attached hydrogens (tertiary/aromatic N) is 1. The third kappa shape index (κ3) is 4.93. The number of carbonyl (C=O) groups is 1. The first kappa shape index (κ1) is 21.2. The van der Waals surface area contributed by atoms with Crippen molar-refractivity contribution in [2.24, 2.45) is 0 Å². The average Bonchev–Trinajstić information content (AvgIpc) is 3.23. The van der Waals surface area contributed by atoms with Crippen molar-refractivity contribution < 1.29 is 23.0 Å². The highest BCUT2D eigenvalue weighted by atomic mass is 19.1. The molecule has 1 saturated heterocycles. The van der Waals surface area contributed by atoms with Crippen LogP contribution in [0.4, 0.5) is 8.78 Å². The van der Waals surface area contributed by atoms with E-state index in [9.17, 15) is 4.79 Å². The fourth-order valence-electron chi connectivity index (χ4n) is 3.50. The largest absolute Gasteiger partial charge is 0.490 e. The van der Waals surface area contributed by atoms with Gasteiger partial charge in [-0.05, 0) is 51.4 Å². The molecule has 0 bridgehead atoms. The molecular formula is C23H27F2NO3. The number of hydrogen-bond acceptors (Lipinski definition) is 4. The second-order valence-corrected chi connectivity index (χ2v) is 7.32. The minimum atomic E-state index is -0.828. The molecule has 0 spiro atoms. The summed E-state index contributed by atoms with van der Waals surface area (Å²) in [6.45, 7) is 5.48. The molecule has 2 aromatic carbocycles. The smallest absolute Gasteiger partial charge is 0.347 e. The standard InChI is InChI=1S/C23H27F2NO3/c1-3-4-14-28-22-19(23(27)29-17-10-6-5-7-11-17)16(2)20(24)18(21(22)25)15-26-12-8-9-13-26/h5-7,10-11H,3-4,8-9,12-15H2,1-2H3. The summed E-state index contributed by atoms with van der Waals surface area (Å²) in [7, 11) is 0. The number of esters is 1. The maximum absolute atomic E-state index is 15.4. The molecule has 3 rings (SSSR count). The van der Waals surface area contributed by atoms with Crippen LogP contribution in [0, 0.1) is 18.6 Å². The van der Waals surface area contributed by atoms with Gasteiger partial charge in [-0.3, -0.25) is 4.90 Å². The second-order valence-electron chi connectivity index (χ2n) is 7.32.